The number of carbonyl (C=O) groups is 1. The van der Waals surface area contributed by atoms with Gasteiger partial charge in [-0.15, -0.1) is 0 Å². The van der Waals surface area contributed by atoms with Gasteiger partial charge in [0, 0.05) is 55.9 Å². The van der Waals surface area contributed by atoms with Crippen LogP contribution in [0.3, 0.4) is 0 Å². The van der Waals surface area contributed by atoms with Crippen molar-refractivity contribution in [1.29, 1.82) is 0 Å². The van der Waals surface area contributed by atoms with Gasteiger partial charge in [-0.25, -0.2) is 12.7 Å². The van der Waals surface area contributed by atoms with Crippen LogP contribution in [0.4, 0.5) is 0 Å². The molecule has 4 heterocycles. The van der Waals surface area contributed by atoms with E-state index in [-0.39, 0.29) is 24.0 Å². The van der Waals surface area contributed by atoms with E-state index in [0.717, 1.165) is 92.7 Å². The Labute approximate surface area is 249 Å². The summed E-state index contributed by atoms with van der Waals surface area (Å²) in [6, 6.07) is 15.0. The summed E-state index contributed by atoms with van der Waals surface area (Å²) in [6.45, 7) is 7.25. The van der Waals surface area contributed by atoms with Crippen molar-refractivity contribution in [2.24, 2.45) is 5.73 Å². The first kappa shape index (κ1) is 29.3. The molecule has 0 spiro atoms. The minimum absolute atomic E-state index is 0.165. The molecule has 2 aromatic carbocycles. The van der Waals surface area contributed by atoms with Crippen LogP contribution >= 0.6 is 0 Å². The number of ether oxygens (including phenoxy) is 1. The molecule has 3 N–H and O–H groups in total. The van der Waals surface area contributed by atoms with Gasteiger partial charge in [-0.1, -0.05) is 30.3 Å². The standard InChI is InChI=1S/C32H43N5O4S/c33-31(38)22-27-20-26(24-4-2-1-3-5-24)21-29-30(23-34-32(27)29)25-6-12-37(13-7-25)42(39,40)19-16-35-10-8-28(9-11-35)36-14-17-41-18-15-36/h1-5,20-21,23,25,28,34H,6-19,22H2,(H2,33,38). The largest absolute Gasteiger partial charge is 0.379 e. The average Bonchev–Trinajstić information content (AvgIpc) is 3.45. The van der Waals surface area contributed by atoms with E-state index in [1.165, 1.54) is 5.56 Å². The van der Waals surface area contributed by atoms with Crippen molar-refractivity contribution in [2.75, 3.05) is 64.8 Å². The number of sulfonamides is 1. The number of hydrogen-bond donors (Lipinski definition) is 2. The molecule has 0 atom stereocenters. The van der Waals surface area contributed by atoms with Crippen molar-refractivity contribution in [2.45, 2.75) is 44.1 Å². The lowest BCUT2D eigenvalue weighted by Gasteiger charge is -2.40. The maximum absolute atomic E-state index is 13.3. The number of likely N-dealkylation sites (tertiary alicyclic amines) is 1. The second-order valence-electron chi connectivity index (χ2n) is 12.0. The maximum atomic E-state index is 13.3. The number of amides is 1. The first-order valence-electron chi connectivity index (χ1n) is 15.4. The van der Waals surface area contributed by atoms with E-state index in [0.29, 0.717) is 25.7 Å². The second-order valence-corrected chi connectivity index (χ2v) is 14.1. The number of hydrogen-bond acceptors (Lipinski definition) is 6. The summed E-state index contributed by atoms with van der Waals surface area (Å²) in [5.41, 5.74) is 10.7. The van der Waals surface area contributed by atoms with Crippen LogP contribution in [0.2, 0.25) is 0 Å². The van der Waals surface area contributed by atoms with Crippen LogP contribution in [-0.4, -0.2) is 104 Å². The number of fused-ring (bicyclic) bond motifs is 1. The van der Waals surface area contributed by atoms with E-state index >= 15 is 0 Å². The monoisotopic (exact) mass is 593 g/mol. The minimum Gasteiger partial charge on any atom is -0.379 e. The topological polar surface area (TPSA) is 112 Å². The minimum atomic E-state index is -3.31. The number of nitrogens with one attached hydrogen (secondary N) is 1. The second kappa shape index (κ2) is 12.9. The van der Waals surface area contributed by atoms with Crippen LogP contribution in [0.25, 0.3) is 22.0 Å². The number of carbonyl (C=O) groups excluding carboxylic acids is 1. The van der Waals surface area contributed by atoms with Gasteiger partial charge in [-0.05, 0) is 79.1 Å². The molecule has 0 radical (unpaired) electrons. The molecule has 42 heavy (non-hydrogen) atoms. The predicted molar refractivity (Wildman–Crippen MR) is 166 cm³/mol. The highest BCUT2D eigenvalue weighted by atomic mass is 32.2. The summed E-state index contributed by atoms with van der Waals surface area (Å²) in [7, 11) is -3.31. The first-order valence-corrected chi connectivity index (χ1v) is 17.0. The van der Waals surface area contributed by atoms with E-state index in [1.807, 2.05) is 30.5 Å². The molecule has 3 aliphatic heterocycles. The van der Waals surface area contributed by atoms with Gasteiger partial charge < -0.3 is 20.4 Å². The predicted octanol–water partition coefficient (Wildman–Crippen LogP) is 3.17. The highest BCUT2D eigenvalue weighted by molar-refractivity contribution is 7.89. The number of morpholine rings is 1. The van der Waals surface area contributed by atoms with Crippen LogP contribution in [-0.2, 0) is 26.0 Å². The van der Waals surface area contributed by atoms with Crippen molar-refractivity contribution >= 4 is 26.8 Å². The number of benzene rings is 2. The summed E-state index contributed by atoms with van der Waals surface area (Å²) in [4.78, 5) is 20.1. The van der Waals surface area contributed by atoms with Crippen molar-refractivity contribution in [3.63, 3.8) is 0 Å². The third-order valence-corrected chi connectivity index (χ3v) is 11.3. The van der Waals surface area contributed by atoms with Gasteiger partial charge in [0.05, 0.1) is 25.4 Å². The SMILES string of the molecule is NC(=O)Cc1cc(-c2ccccc2)cc2c(C3CCN(S(=O)(=O)CCN4CCC(N5CCOCC5)CC4)CC3)c[nH]c12. The molecular formula is C32H43N5O4S. The third kappa shape index (κ3) is 6.58. The lowest BCUT2D eigenvalue weighted by molar-refractivity contribution is -0.117. The molecule has 1 aromatic heterocycles. The van der Waals surface area contributed by atoms with Gasteiger partial charge in [0.15, 0.2) is 0 Å². The molecule has 226 valence electrons. The Hall–Kier alpha value is -2.76. The van der Waals surface area contributed by atoms with Crippen LogP contribution in [0, 0.1) is 0 Å². The van der Waals surface area contributed by atoms with E-state index in [1.54, 1.807) is 4.31 Å². The number of aromatic nitrogens is 1. The van der Waals surface area contributed by atoms with E-state index in [4.69, 9.17) is 10.5 Å². The number of nitrogens with zero attached hydrogens (tertiary/aromatic N) is 3. The fourth-order valence-corrected chi connectivity index (χ4v) is 8.57. The molecule has 3 fully saturated rings. The Bertz CT molecular complexity index is 1470. The molecule has 9 nitrogen and oxygen atoms in total. The molecule has 0 saturated carbocycles. The van der Waals surface area contributed by atoms with Gasteiger partial charge >= 0.3 is 0 Å². The van der Waals surface area contributed by atoms with Crippen LogP contribution in [0.15, 0.2) is 48.7 Å². The summed E-state index contributed by atoms with van der Waals surface area (Å²) in [5.74, 6) is 0.0682. The Morgan fingerprint density at radius 3 is 2.33 bits per heavy atom. The molecular weight excluding hydrogens is 550 g/mol. The van der Waals surface area contributed by atoms with Crippen LogP contribution in [0.5, 0.6) is 0 Å². The maximum Gasteiger partial charge on any atom is 0.221 e. The molecule has 10 heteroatoms. The Balaban J connectivity index is 1.08. The number of aromatic amines is 1. The molecule has 6 rings (SSSR count). The highest BCUT2D eigenvalue weighted by Gasteiger charge is 2.31. The van der Waals surface area contributed by atoms with E-state index in [2.05, 4.69) is 33.0 Å². The van der Waals surface area contributed by atoms with Gasteiger partial charge in [-0.2, -0.15) is 0 Å². The van der Waals surface area contributed by atoms with Gasteiger partial charge in [0.2, 0.25) is 15.9 Å². The summed E-state index contributed by atoms with van der Waals surface area (Å²) in [6.07, 6.45) is 5.96. The zero-order valence-corrected chi connectivity index (χ0v) is 25.2. The summed E-state index contributed by atoms with van der Waals surface area (Å²) < 4.78 is 33.8. The van der Waals surface area contributed by atoms with Crippen molar-refractivity contribution in [1.82, 2.24) is 19.1 Å². The Kier molecular flexibility index (Phi) is 8.97. The van der Waals surface area contributed by atoms with Gasteiger partial charge in [-0.3, -0.25) is 9.69 Å². The number of nitrogens with two attached hydrogens (primary N) is 1. The van der Waals surface area contributed by atoms with Crippen LogP contribution in [0.1, 0.15) is 42.7 Å². The zero-order chi connectivity index (χ0) is 29.1. The molecule has 3 aliphatic rings. The molecule has 0 aliphatic carbocycles. The van der Waals surface area contributed by atoms with Crippen molar-refractivity contribution < 1.29 is 17.9 Å². The van der Waals surface area contributed by atoms with Gasteiger partial charge in [0.1, 0.15) is 0 Å². The quantitative estimate of drug-likeness (QED) is 0.394. The van der Waals surface area contributed by atoms with E-state index in [9.17, 15) is 13.2 Å². The third-order valence-electron chi connectivity index (χ3n) is 9.45. The fraction of sp³-hybridized carbons (Fsp3) is 0.531. The summed E-state index contributed by atoms with van der Waals surface area (Å²) in [5, 5.41) is 1.09. The van der Waals surface area contributed by atoms with Gasteiger partial charge in [0.25, 0.3) is 0 Å². The lowest BCUT2D eigenvalue weighted by atomic mass is 9.88. The zero-order valence-electron chi connectivity index (χ0n) is 24.3. The molecule has 1 amide bonds. The smallest absolute Gasteiger partial charge is 0.221 e. The fourth-order valence-electron chi connectivity index (χ4n) is 7.06. The number of piperidine rings is 2. The first-order chi connectivity index (χ1) is 20.4. The van der Waals surface area contributed by atoms with Crippen molar-refractivity contribution in [3.8, 4) is 11.1 Å². The number of primary amides is 1. The Morgan fingerprint density at radius 1 is 0.929 bits per heavy atom. The molecule has 3 aromatic rings. The Morgan fingerprint density at radius 2 is 1.64 bits per heavy atom. The van der Waals surface area contributed by atoms with Crippen molar-refractivity contribution in [3.05, 3.63) is 59.8 Å². The summed E-state index contributed by atoms with van der Waals surface area (Å²) >= 11 is 0. The lowest BCUT2D eigenvalue weighted by Crippen LogP contribution is -2.50. The van der Waals surface area contributed by atoms with E-state index < -0.39 is 10.0 Å². The normalized spacial score (nSPS) is 20.8. The average molecular weight is 594 g/mol. The highest BCUT2D eigenvalue weighted by Crippen LogP contribution is 2.37. The molecule has 3 saturated heterocycles. The number of H-pyrrole nitrogens is 1. The number of rotatable bonds is 9. The van der Waals surface area contributed by atoms with Crippen LogP contribution < -0.4 is 5.73 Å². The molecule has 0 unspecified atom stereocenters. The molecule has 0 bridgehead atoms.